The number of nitrogens with one attached hydrogen (secondary N) is 1. The average Bonchev–Trinajstić information content (AvgIpc) is 3.23. The minimum atomic E-state index is -3.96. The van der Waals surface area contributed by atoms with Gasteiger partial charge in [0.15, 0.2) is 0 Å². The van der Waals surface area contributed by atoms with E-state index < -0.39 is 14.9 Å². The minimum Gasteiger partial charge on any atom is -0.375 e. The molecule has 10 nitrogen and oxygen atoms in total. The lowest BCUT2D eigenvalue weighted by molar-refractivity contribution is -0.384. The summed E-state index contributed by atoms with van der Waals surface area (Å²) < 4.78 is 29.4. The Morgan fingerprint density at radius 3 is 2.74 bits per heavy atom. The maximum Gasteiger partial charge on any atom is 0.293 e. The van der Waals surface area contributed by atoms with Crippen LogP contribution in [0.2, 0.25) is 0 Å². The second-order valence-corrected chi connectivity index (χ2v) is 9.04. The highest BCUT2D eigenvalue weighted by Gasteiger charge is 2.28. The van der Waals surface area contributed by atoms with Gasteiger partial charge in [0.1, 0.15) is 17.8 Å². The van der Waals surface area contributed by atoms with E-state index in [0.717, 1.165) is 18.3 Å². The highest BCUT2D eigenvalue weighted by molar-refractivity contribution is 7.92. The zero-order valence-corrected chi connectivity index (χ0v) is 17.7. The van der Waals surface area contributed by atoms with Gasteiger partial charge in [0.2, 0.25) is 0 Å². The van der Waals surface area contributed by atoms with Crippen molar-refractivity contribution in [2.75, 3.05) is 16.2 Å². The van der Waals surface area contributed by atoms with Crippen LogP contribution in [-0.4, -0.2) is 40.7 Å². The number of nitro benzene ring substituents is 1. The van der Waals surface area contributed by atoms with Gasteiger partial charge in [0, 0.05) is 25.1 Å². The number of rotatable bonds is 7. The number of nitro groups is 1. The van der Waals surface area contributed by atoms with Crippen LogP contribution in [0, 0.1) is 10.1 Å². The molecule has 0 radical (unpaired) electrons. The monoisotopic (exact) mass is 442 g/mol. The fourth-order valence-corrected chi connectivity index (χ4v) is 5.23. The normalized spacial score (nSPS) is 15.8. The number of sulfonamides is 1. The highest BCUT2D eigenvalue weighted by Crippen LogP contribution is 2.32. The Morgan fingerprint density at radius 1 is 1.26 bits per heavy atom. The Morgan fingerprint density at radius 2 is 2.03 bits per heavy atom. The van der Waals surface area contributed by atoms with Crippen LogP contribution in [0.3, 0.4) is 0 Å². The van der Waals surface area contributed by atoms with Crippen LogP contribution in [0.1, 0.15) is 19.2 Å². The first kappa shape index (κ1) is 20.8. The van der Waals surface area contributed by atoms with Gasteiger partial charge in [0.25, 0.3) is 15.7 Å². The minimum absolute atomic E-state index is 0.0770. The lowest BCUT2D eigenvalue weighted by atomic mass is 10.1. The summed E-state index contributed by atoms with van der Waals surface area (Å²) in [6, 6.07) is 12.6. The third kappa shape index (κ3) is 4.08. The molecule has 4 rings (SSSR count). The van der Waals surface area contributed by atoms with E-state index in [4.69, 9.17) is 0 Å². The molecule has 1 unspecified atom stereocenters. The first-order valence-electron chi connectivity index (χ1n) is 9.89. The number of hydrogen-bond acceptors (Lipinski definition) is 7. The van der Waals surface area contributed by atoms with Crippen molar-refractivity contribution in [2.24, 2.45) is 0 Å². The topological polar surface area (TPSA) is 123 Å². The molecule has 0 saturated carbocycles. The molecule has 0 bridgehead atoms. The van der Waals surface area contributed by atoms with Crippen molar-refractivity contribution in [1.29, 1.82) is 0 Å². The molecule has 1 aliphatic rings. The molecule has 3 aromatic rings. The van der Waals surface area contributed by atoms with E-state index in [1.807, 2.05) is 0 Å². The van der Waals surface area contributed by atoms with Gasteiger partial charge in [-0.3, -0.25) is 14.4 Å². The summed E-state index contributed by atoms with van der Waals surface area (Å²) in [5, 5.41) is 19.1. The van der Waals surface area contributed by atoms with E-state index in [1.165, 1.54) is 22.8 Å². The Bertz CT molecular complexity index is 1200. The van der Waals surface area contributed by atoms with E-state index in [-0.39, 0.29) is 28.9 Å². The van der Waals surface area contributed by atoms with E-state index in [2.05, 4.69) is 15.4 Å². The van der Waals surface area contributed by atoms with Crippen LogP contribution in [0.15, 0.2) is 59.8 Å². The molecule has 2 heterocycles. The molecular weight excluding hydrogens is 420 g/mol. The van der Waals surface area contributed by atoms with Gasteiger partial charge in [-0.2, -0.15) is 5.10 Å². The van der Waals surface area contributed by atoms with E-state index >= 15 is 0 Å². The second-order valence-electron chi connectivity index (χ2n) is 7.18. The van der Waals surface area contributed by atoms with Crippen molar-refractivity contribution in [2.45, 2.75) is 37.2 Å². The molecule has 0 fully saturated rings. The van der Waals surface area contributed by atoms with Crippen molar-refractivity contribution in [3.63, 3.8) is 0 Å². The number of para-hydroxylation sites is 1. The number of nitrogens with zero attached hydrogens (tertiary/aromatic N) is 5. The standard InChI is InChI=1S/C20H22N6O4S/c1-2-25(16-6-4-3-5-7-16)31(29,30)17-9-10-18(19(12-17)26(27)28)23-15-8-11-20-21-14-22-24(20)13-15/h3-7,9-10,12,14-15,23H,2,8,11,13H2,1H3. The number of anilines is 2. The van der Waals surface area contributed by atoms with Gasteiger partial charge >= 0.3 is 0 Å². The Labute approximate surface area is 179 Å². The van der Waals surface area contributed by atoms with Crippen LogP contribution in [-0.2, 0) is 23.0 Å². The van der Waals surface area contributed by atoms with Gasteiger partial charge in [-0.05, 0) is 37.6 Å². The summed E-state index contributed by atoms with van der Waals surface area (Å²) in [5.41, 5.74) is 0.496. The van der Waals surface area contributed by atoms with Crippen molar-refractivity contribution < 1.29 is 13.3 Å². The molecule has 1 aromatic heterocycles. The van der Waals surface area contributed by atoms with Gasteiger partial charge in [-0.15, -0.1) is 0 Å². The summed E-state index contributed by atoms with van der Waals surface area (Å²) in [4.78, 5) is 15.2. The fraction of sp³-hybridized carbons (Fsp3) is 0.300. The SMILES string of the molecule is CCN(c1ccccc1)S(=O)(=O)c1ccc(NC2CCc3ncnn3C2)c([N+](=O)[O-])c1. The Hall–Kier alpha value is -3.47. The van der Waals surface area contributed by atoms with Gasteiger partial charge < -0.3 is 5.32 Å². The first-order chi connectivity index (χ1) is 14.9. The molecule has 0 amide bonds. The molecule has 1 atom stereocenters. The smallest absolute Gasteiger partial charge is 0.293 e. The van der Waals surface area contributed by atoms with Gasteiger partial charge in [-0.25, -0.2) is 18.1 Å². The lowest BCUT2D eigenvalue weighted by Crippen LogP contribution is -2.32. The summed E-state index contributed by atoms with van der Waals surface area (Å²) >= 11 is 0. The molecule has 1 aliphatic heterocycles. The number of fused-ring (bicyclic) bond motifs is 1. The maximum atomic E-state index is 13.2. The lowest BCUT2D eigenvalue weighted by Gasteiger charge is -2.25. The molecule has 162 valence electrons. The number of benzene rings is 2. The van der Waals surface area contributed by atoms with Crippen LogP contribution in [0.5, 0.6) is 0 Å². The Kier molecular flexibility index (Phi) is 5.59. The second kappa shape index (κ2) is 8.34. The predicted molar refractivity (Wildman–Crippen MR) is 115 cm³/mol. The van der Waals surface area contributed by atoms with E-state index in [9.17, 15) is 18.5 Å². The number of aromatic nitrogens is 3. The number of hydrogen-bond donors (Lipinski definition) is 1. The largest absolute Gasteiger partial charge is 0.375 e. The molecule has 0 saturated heterocycles. The Balaban J connectivity index is 1.63. The zero-order valence-electron chi connectivity index (χ0n) is 16.9. The molecule has 31 heavy (non-hydrogen) atoms. The van der Waals surface area contributed by atoms with Crippen molar-refractivity contribution >= 4 is 27.1 Å². The molecule has 0 aliphatic carbocycles. The molecule has 1 N–H and O–H groups in total. The van der Waals surface area contributed by atoms with Crippen LogP contribution >= 0.6 is 0 Å². The van der Waals surface area contributed by atoms with Crippen LogP contribution < -0.4 is 9.62 Å². The zero-order chi connectivity index (χ0) is 22.0. The van der Waals surface area contributed by atoms with Crippen LogP contribution in [0.25, 0.3) is 0 Å². The van der Waals surface area contributed by atoms with Crippen LogP contribution in [0.4, 0.5) is 17.1 Å². The highest BCUT2D eigenvalue weighted by atomic mass is 32.2. The van der Waals surface area contributed by atoms with E-state index in [1.54, 1.807) is 41.9 Å². The van der Waals surface area contributed by atoms with Gasteiger partial charge in [0.05, 0.1) is 22.1 Å². The molecule has 2 aromatic carbocycles. The molecule has 11 heteroatoms. The van der Waals surface area contributed by atoms with Crippen molar-refractivity contribution in [3.8, 4) is 0 Å². The molecular formula is C20H22N6O4S. The van der Waals surface area contributed by atoms with Crippen molar-refractivity contribution in [1.82, 2.24) is 14.8 Å². The first-order valence-corrected chi connectivity index (χ1v) is 11.3. The average molecular weight is 443 g/mol. The molecule has 0 spiro atoms. The summed E-state index contributed by atoms with van der Waals surface area (Å²) in [7, 11) is -3.96. The van der Waals surface area contributed by atoms with E-state index in [0.29, 0.717) is 18.7 Å². The summed E-state index contributed by atoms with van der Waals surface area (Å²) in [6.07, 6.45) is 2.94. The number of aryl methyl sites for hydroxylation is 1. The van der Waals surface area contributed by atoms with Gasteiger partial charge in [-0.1, -0.05) is 18.2 Å². The van der Waals surface area contributed by atoms with Crippen molar-refractivity contribution in [3.05, 3.63) is 70.8 Å². The summed E-state index contributed by atoms with van der Waals surface area (Å²) in [6.45, 7) is 2.45. The quantitative estimate of drug-likeness (QED) is 0.441. The predicted octanol–water partition coefficient (Wildman–Crippen LogP) is 2.83. The summed E-state index contributed by atoms with van der Waals surface area (Å²) in [5.74, 6) is 0.884. The third-order valence-corrected chi connectivity index (χ3v) is 7.15. The third-order valence-electron chi connectivity index (χ3n) is 5.25. The fourth-order valence-electron chi connectivity index (χ4n) is 3.73. The maximum absolute atomic E-state index is 13.2.